The van der Waals surface area contributed by atoms with Crippen molar-refractivity contribution in [3.8, 4) is 0 Å². The number of aromatic nitrogens is 4. The second-order valence-electron chi connectivity index (χ2n) is 4.14. The third kappa shape index (κ3) is 3.62. The summed E-state index contributed by atoms with van der Waals surface area (Å²) >= 11 is 0. The molecular formula is C10H16N6O3S. The second-order valence-corrected chi connectivity index (χ2v) is 5.90. The largest absolute Gasteiger partial charge is 0.340 e. The van der Waals surface area contributed by atoms with Crippen molar-refractivity contribution in [1.29, 1.82) is 0 Å². The highest BCUT2D eigenvalue weighted by atomic mass is 32.2. The number of rotatable bonds is 7. The van der Waals surface area contributed by atoms with Gasteiger partial charge in [-0.25, -0.2) is 13.1 Å². The van der Waals surface area contributed by atoms with Crippen molar-refractivity contribution in [3.63, 3.8) is 0 Å². The number of sulfonamides is 1. The first-order valence-corrected chi connectivity index (χ1v) is 7.51. The van der Waals surface area contributed by atoms with Gasteiger partial charge in [0.05, 0.1) is 12.7 Å². The molecule has 9 nitrogen and oxygen atoms in total. The molecule has 0 spiro atoms. The fraction of sp³-hybridized carbons (Fsp3) is 0.500. The number of nitrogens with zero attached hydrogens (tertiary/aromatic N) is 4. The fourth-order valence-electron chi connectivity index (χ4n) is 1.51. The molecule has 2 aromatic rings. The van der Waals surface area contributed by atoms with E-state index < -0.39 is 10.0 Å². The molecule has 20 heavy (non-hydrogen) atoms. The van der Waals surface area contributed by atoms with Crippen LogP contribution in [0.5, 0.6) is 0 Å². The molecule has 0 bridgehead atoms. The lowest BCUT2D eigenvalue weighted by Crippen LogP contribution is -2.23. The standard InChI is InChI=1S/C10H16N6O3S/c1-8-14-10(15-19-8)6-13-20(17,18)9-5-12-16(7-9)4-2-3-11/h5,7,13H,2-4,6,11H2,1H3. The van der Waals surface area contributed by atoms with Crippen molar-refractivity contribution in [2.24, 2.45) is 5.73 Å². The third-order valence-corrected chi connectivity index (χ3v) is 3.86. The highest BCUT2D eigenvalue weighted by Gasteiger charge is 2.17. The number of nitrogens with one attached hydrogen (secondary N) is 1. The van der Waals surface area contributed by atoms with E-state index in [0.29, 0.717) is 19.0 Å². The van der Waals surface area contributed by atoms with Crippen molar-refractivity contribution < 1.29 is 12.9 Å². The minimum Gasteiger partial charge on any atom is -0.340 e. The van der Waals surface area contributed by atoms with Gasteiger partial charge in [0.2, 0.25) is 15.9 Å². The van der Waals surface area contributed by atoms with Crippen molar-refractivity contribution in [2.75, 3.05) is 6.54 Å². The van der Waals surface area contributed by atoms with Crippen LogP contribution in [-0.2, 0) is 23.1 Å². The van der Waals surface area contributed by atoms with Crippen molar-refractivity contribution in [1.82, 2.24) is 24.6 Å². The number of hydrogen-bond acceptors (Lipinski definition) is 7. The quantitative estimate of drug-likeness (QED) is 0.698. The summed E-state index contributed by atoms with van der Waals surface area (Å²) in [7, 11) is -3.64. The van der Waals surface area contributed by atoms with E-state index in [2.05, 4.69) is 20.0 Å². The molecule has 0 aliphatic heterocycles. The monoisotopic (exact) mass is 300 g/mol. The van der Waals surface area contributed by atoms with Gasteiger partial charge in [0.15, 0.2) is 5.82 Å². The summed E-state index contributed by atoms with van der Waals surface area (Å²) in [5, 5.41) is 7.58. The molecule has 0 aliphatic rings. The molecule has 0 atom stereocenters. The summed E-state index contributed by atoms with van der Waals surface area (Å²) in [6, 6.07) is 0. The van der Waals surface area contributed by atoms with Crippen LogP contribution in [0.15, 0.2) is 21.8 Å². The molecule has 0 saturated heterocycles. The van der Waals surface area contributed by atoms with Gasteiger partial charge in [0.1, 0.15) is 4.90 Å². The second kappa shape index (κ2) is 6.11. The van der Waals surface area contributed by atoms with Crippen LogP contribution in [-0.4, -0.2) is 34.9 Å². The Balaban J connectivity index is 2.00. The van der Waals surface area contributed by atoms with E-state index in [-0.39, 0.29) is 17.3 Å². The first-order chi connectivity index (χ1) is 9.51. The summed E-state index contributed by atoms with van der Waals surface area (Å²) in [5.74, 6) is 0.662. The molecule has 3 N–H and O–H groups in total. The van der Waals surface area contributed by atoms with Crippen LogP contribution in [0.1, 0.15) is 18.1 Å². The van der Waals surface area contributed by atoms with Gasteiger partial charge in [-0.15, -0.1) is 0 Å². The van der Waals surface area contributed by atoms with E-state index in [4.69, 9.17) is 10.3 Å². The van der Waals surface area contributed by atoms with E-state index in [9.17, 15) is 8.42 Å². The number of hydrogen-bond donors (Lipinski definition) is 2. The molecule has 10 heteroatoms. The average Bonchev–Trinajstić information content (AvgIpc) is 3.03. The van der Waals surface area contributed by atoms with Crippen LogP contribution < -0.4 is 10.5 Å². The van der Waals surface area contributed by atoms with Crippen LogP contribution in [0.2, 0.25) is 0 Å². The lowest BCUT2D eigenvalue weighted by molar-refractivity contribution is 0.387. The van der Waals surface area contributed by atoms with Crippen LogP contribution in [0.4, 0.5) is 0 Å². The molecule has 0 fully saturated rings. The van der Waals surface area contributed by atoms with Gasteiger partial charge in [-0.2, -0.15) is 10.1 Å². The predicted molar refractivity (Wildman–Crippen MR) is 69.0 cm³/mol. The SMILES string of the molecule is Cc1nc(CNS(=O)(=O)c2cnn(CCCN)c2)no1. The molecular weight excluding hydrogens is 284 g/mol. The Morgan fingerprint density at radius 3 is 2.95 bits per heavy atom. The molecule has 0 amide bonds. The lowest BCUT2D eigenvalue weighted by atomic mass is 10.4. The molecule has 0 aromatic carbocycles. The van der Waals surface area contributed by atoms with Gasteiger partial charge in [0.25, 0.3) is 0 Å². The highest BCUT2D eigenvalue weighted by Crippen LogP contribution is 2.08. The van der Waals surface area contributed by atoms with Crippen molar-refractivity contribution in [3.05, 3.63) is 24.1 Å². The molecule has 2 heterocycles. The maximum atomic E-state index is 12.0. The third-order valence-electron chi connectivity index (χ3n) is 2.50. The number of aryl methyl sites for hydroxylation is 2. The molecule has 0 saturated carbocycles. The van der Waals surface area contributed by atoms with E-state index in [1.807, 2.05) is 0 Å². The zero-order valence-electron chi connectivity index (χ0n) is 11.0. The van der Waals surface area contributed by atoms with Gasteiger partial charge in [-0.05, 0) is 13.0 Å². The molecule has 110 valence electrons. The highest BCUT2D eigenvalue weighted by molar-refractivity contribution is 7.89. The van der Waals surface area contributed by atoms with Gasteiger partial charge >= 0.3 is 0 Å². The minimum atomic E-state index is -3.64. The van der Waals surface area contributed by atoms with E-state index in [0.717, 1.165) is 6.42 Å². The maximum Gasteiger partial charge on any atom is 0.244 e. The van der Waals surface area contributed by atoms with E-state index in [1.54, 1.807) is 11.6 Å². The zero-order valence-corrected chi connectivity index (χ0v) is 11.8. The van der Waals surface area contributed by atoms with Gasteiger partial charge in [0, 0.05) is 19.7 Å². The van der Waals surface area contributed by atoms with Crippen molar-refractivity contribution >= 4 is 10.0 Å². The Morgan fingerprint density at radius 1 is 1.50 bits per heavy atom. The minimum absolute atomic E-state index is 0.0341. The summed E-state index contributed by atoms with van der Waals surface area (Å²) in [5.41, 5.74) is 5.39. The Hall–Kier alpha value is -1.78. The molecule has 2 aromatic heterocycles. The predicted octanol–water partition coefficient (Wildman–Crippen LogP) is -0.598. The van der Waals surface area contributed by atoms with Gasteiger partial charge in [-0.3, -0.25) is 4.68 Å². The van der Waals surface area contributed by atoms with Crippen molar-refractivity contribution in [2.45, 2.75) is 31.3 Å². The Morgan fingerprint density at radius 2 is 2.30 bits per heavy atom. The molecule has 0 aliphatic carbocycles. The first kappa shape index (κ1) is 14.6. The number of nitrogens with two attached hydrogens (primary N) is 1. The molecule has 0 unspecified atom stereocenters. The van der Waals surface area contributed by atoms with E-state index >= 15 is 0 Å². The normalized spacial score (nSPS) is 11.9. The van der Waals surface area contributed by atoms with Crippen LogP contribution in [0.25, 0.3) is 0 Å². The van der Waals surface area contributed by atoms with Crippen LogP contribution >= 0.6 is 0 Å². The lowest BCUT2D eigenvalue weighted by Gasteiger charge is -2.01. The summed E-state index contributed by atoms with van der Waals surface area (Å²) in [4.78, 5) is 4.01. The summed E-state index contributed by atoms with van der Waals surface area (Å²) < 4.78 is 32.7. The smallest absolute Gasteiger partial charge is 0.244 e. The average molecular weight is 300 g/mol. The maximum absolute atomic E-state index is 12.0. The summed E-state index contributed by atoms with van der Waals surface area (Å²) in [6.45, 7) is 2.70. The molecule has 0 radical (unpaired) electrons. The van der Waals surface area contributed by atoms with Gasteiger partial charge in [-0.1, -0.05) is 5.16 Å². The summed E-state index contributed by atoms with van der Waals surface area (Å²) in [6.07, 6.45) is 3.48. The Bertz CT molecular complexity index is 662. The zero-order chi connectivity index (χ0) is 14.6. The molecule has 2 rings (SSSR count). The topological polar surface area (TPSA) is 129 Å². The van der Waals surface area contributed by atoms with Crippen LogP contribution in [0.3, 0.4) is 0 Å². The fourth-order valence-corrected chi connectivity index (χ4v) is 2.45. The van der Waals surface area contributed by atoms with Crippen LogP contribution in [0, 0.1) is 6.92 Å². The first-order valence-electron chi connectivity index (χ1n) is 6.02. The van der Waals surface area contributed by atoms with Gasteiger partial charge < -0.3 is 10.3 Å². The van der Waals surface area contributed by atoms with E-state index in [1.165, 1.54) is 12.4 Å². The Kier molecular flexibility index (Phi) is 4.47. The Labute approximate surface area is 116 Å².